The van der Waals surface area contributed by atoms with Gasteiger partial charge in [-0.15, -0.1) is 11.3 Å². The van der Waals surface area contributed by atoms with Crippen LogP contribution >= 0.6 is 22.9 Å². The lowest BCUT2D eigenvalue weighted by Crippen LogP contribution is -2.08. The molecule has 0 aliphatic carbocycles. The number of rotatable bonds is 8. The first-order valence-electron chi connectivity index (χ1n) is 8.86. The predicted molar refractivity (Wildman–Crippen MR) is 111 cm³/mol. The van der Waals surface area contributed by atoms with Crippen molar-refractivity contribution in [2.24, 2.45) is 0 Å². The fourth-order valence-electron chi connectivity index (χ4n) is 2.88. The minimum Gasteiger partial charge on any atom is -0.478 e. The standard InChI is InChI=1S/C21H21ClN2O2S/c1-2-3-10-20-23-13-16(12-17(21(25)26)19-9-6-11-27-19)24(20)14-15-7-4-5-8-18(15)22/h4-9,11-13H,2-3,10,14H2,1H3,(H,25,26)/b17-12-. The summed E-state index contributed by atoms with van der Waals surface area (Å²) in [6.45, 7) is 2.70. The Bertz CT molecular complexity index is 945. The maximum absolute atomic E-state index is 11.8. The predicted octanol–water partition coefficient (Wildman–Crippen LogP) is 5.61. The topological polar surface area (TPSA) is 55.1 Å². The van der Waals surface area contributed by atoms with Gasteiger partial charge in [0.25, 0.3) is 0 Å². The number of nitrogens with zero attached hydrogens (tertiary/aromatic N) is 2. The van der Waals surface area contributed by atoms with E-state index in [-0.39, 0.29) is 5.57 Å². The molecule has 0 unspecified atom stereocenters. The Morgan fingerprint density at radius 1 is 1.30 bits per heavy atom. The largest absolute Gasteiger partial charge is 0.478 e. The number of aliphatic carboxylic acids is 1. The minimum atomic E-state index is -0.946. The number of benzene rings is 1. The average Bonchev–Trinajstić information content (AvgIpc) is 3.30. The maximum atomic E-state index is 11.8. The van der Waals surface area contributed by atoms with Gasteiger partial charge in [0.05, 0.1) is 24.0 Å². The third-order valence-electron chi connectivity index (χ3n) is 4.32. The SMILES string of the molecule is CCCCc1ncc(/C=C(\C(=O)O)c2cccs2)n1Cc1ccccc1Cl. The molecule has 0 amide bonds. The van der Waals surface area contributed by atoms with Crippen LogP contribution in [-0.4, -0.2) is 20.6 Å². The lowest BCUT2D eigenvalue weighted by molar-refractivity contribution is -0.130. The van der Waals surface area contributed by atoms with Gasteiger partial charge < -0.3 is 9.67 Å². The summed E-state index contributed by atoms with van der Waals surface area (Å²) in [7, 11) is 0. The van der Waals surface area contributed by atoms with Gasteiger partial charge in [-0.3, -0.25) is 0 Å². The highest BCUT2D eigenvalue weighted by Gasteiger charge is 2.16. The molecule has 0 saturated carbocycles. The number of carboxylic acid groups (broad SMARTS) is 1. The summed E-state index contributed by atoms with van der Waals surface area (Å²) >= 11 is 7.76. The molecular formula is C21H21ClN2O2S. The van der Waals surface area contributed by atoms with Crippen LogP contribution < -0.4 is 0 Å². The van der Waals surface area contributed by atoms with Gasteiger partial charge in [0.15, 0.2) is 0 Å². The van der Waals surface area contributed by atoms with Gasteiger partial charge in [0, 0.05) is 16.3 Å². The van der Waals surface area contributed by atoms with Crippen molar-refractivity contribution in [2.45, 2.75) is 32.7 Å². The van der Waals surface area contributed by atoms with E-state index in [1.165, 1.54) is 11.3 Å². The normalized spacial score (nSPS) is 11.7. The van der Waals surface area contributed by atoms with Crippen molar-refractivity contribution >= 4 is 40.6 Å². The van der Waals surface area contributed by atoms with Crippen LogP contribution in [0.25, 0.3) is 11.6 Å². The molecule has 0 saturated heterocycles. The third kappa shape index (κ3) is 4.67. The highest BCUT2D eigenvalue weighted by molar-refractivity contribution is 7.11. The Kier molecular flexibility index (Phi) is 6.48. The fraction of sp³-hybridized carbons (Fsp3) is 0.238. The molecule has 2 heterocycles. The van der Waals surface area contributed by atoms with Crippen molar-refractivity contribution in [3.05, 3.63) is 75.0 Å². The van der Waals surface area contributed by atoms with Crippen molar-refractivity contribution in [1.29, 1.82) is 0 Å². The Labute approximate surface area is 167 Å². The van der Waals surface area contributed by atoms with Gasteiger partial charge in [-0.25, -0.2) is 9.78 Å². The molecule has 4 nitrogen and oxygen atoms in total. The Morgan fingerprint density at radius 2 is 2.11 bits per heavy atom. The molecule has 3 rings (SSSR count). The molecule has 0 spiro atoms. The molecule has 27 heavy (non-hydrogen) atoms. The second-order valence-electron chi connectivity index (χ2n) is 6.22. The number of imidazole rings is 1. The van der Waals surface area contributed by atoms with Crippen molar-refractivity contribution in [3.63, 3.8) is 0 Å². The van der Waals surface area contributed by atoms with Crippen LogP contribution in [0, 0.1) is 0 Å². The quantitative estimate of drug-likeness (QED) is 0.499. The first-order valence-corrected chi connectivity index (χ1v) is 10.1. The van der Waals surface area contributed by atoms with Gasteiger partial charge in [0.1, 0.15) is 5.82 Å². The van der Waals surface area contributed by atoms with Crippen LogP contribution in [0.15, 0.2) is 48.0 Å². The molecule has 2 aromatic heterocycles. The molecular weight excluding hydrogens is 380 g/mol. The smallest absolute Gasteiger partial charge is 0.337 e. The number of hydrogen-bond acceptors (Lipinski definition) is 3. The van der Waals surface area contributed by atoms with Crippen molar-refractivity contribution in [2.75, 3.05) is 0 Å². The highest BCUT2D eigenvalue weighted by Crippen LogP contribution is 2.25. The van der Waals surface area contributed by atoms with Crippen molar-refractivity contribution in [1.82, 2.24) is 9.55 Å². The summed E-state index contributed by atoms with van der Waals surface area (Å²) in [5, 5.41) is 12.2. The lowest BCUT2D eigenvalue weighted by atomic mass is 10.1. The summed E-state index contributed by atoms with van der Waals surface area (Å²) in [6.07, 6.45) is 6.39. The van der Waals surface area contributed by atoms with Crippen LogP contribution in [0.5, 0.6) is 0 Å². The van der Waals surface area contributed by atoms with Crippen LogP contribution in [0.3, 0.4) is 0 Å². The van der Waals surface area contributed by atoms with E-state index in [0.717, 1.165) is 41.2 Å². The van der Waals surface area contributed by atoms with Crippen LogP contribution in [0.2, 0.25) is 5.02 Å². The second-order valence-corrected chi connectivity index (χ2v) is 7.58. The second kappa shape index (κ2) is 9.02. The van der Waals surface area contributed by atoms with E-state index in [1.807, 2.05) is 41.8 Å². The van der Waals surface area contributed by atoms with E-state index in [1.54, 1.807) is 12.3 Å². The summed E-state index contributed by atoms with van der Waals surface area (Å²) < 4.78 is 2.06. The van der Waals surface area contributed by atoms with Crippen molar-refractivity contribution < 1.29 is 9.90 Å². The number of aryl methyl sites for hydroxylation is 1. The third-order valence-corrected chi connectivity index (χ3v) is 5.59. The number of halogens is 1. The van der Waals surface area contributed by atoms with E-state index >= 15 is 0 Å². The number of carbonyl (C=O) groups is 1. The van der Waals surface area contributed by atoms with E-state index in [0.29, 0.717) is 11.6 Å². The molecule has 0 bridgehead atoms. The molecule has 0 radical (unpaired) electrons. The maximum Gasteiger partial charge on any atom is 0.337 e. The molecule has 1 aromatic carbocycles. The number of thiophene rings is 1. The Morgan fingerprint density at radius 3 is 2.78 bits per heavy atom. The first kappa shape index (κ1) is 19.4. The van der Waals surface area contributed by atoms with Crippen LogP contribution in [-0.2, 0) is 17.8 Å². The fourth-order valence-corrected chi connectivity index (χ4v) is 3.81. The molecule has 140 valence electrons. The molecule has 0 fully saturated rings. The Hall–Kier alpha value is -2.37. The molecule has 0 aliphatic rings. The van der Waals surface area contributed by atoms with E-state index in [4.69, 9.17) is 11.6 Å². The van der Waals surface area contributed by atoms with Crippen LogP contribution in [0.1, 0.15) is 41.7 Å². The first-order chi connectivity index (χ1) is 13.1. The number of carboxylic acids is 1. The number of aromatic nitrogens is 2. The van der Waals surface area contributed by atoms with Gasteiger partial charge in [-0.05, 0) is 35.6 Å². The van der Waals surface area contributed by atoms with E-state index in [9.17, 15) is 9.90 Å². The van der Waals surface area contributed by atoms with Gasteiger partial charge >= 0.3 is 5.97 Å². The van der Waals surface area contributed by atoms with Crippen LogP contribution in [0.4, 0.5) is 0 Å². The van der Waals surface area contributed by atoms with E-state index < -0.39 is 5.97 Å². The monoisotopic (exact) mass is 400 g/mol. The number of unbranched alkanes of at least 4 members (excludes halogenated alkanes) is 1. The van der Waals surface area contributed by atoms with Gasteiger partial charge in [0.2, 0.25) is 0 Å². The summed E-state index contributed by atoms with van der Waals surface area (Å²) in [5.74, 6) is -0.00279. The molecule has 1 N–H and O–H groups in total. The van der Waals surface area contributed by atoms with E-state index in [2.05, 4.69) is 16.5 Å². The summed E-state index contributed by atoms with van der Waals surface area (Å²) in [4.78, 5) is 17.1. The zero-order chi connectivity index (χ0) is 19.2. The molecule has 3 aromatic rings. The average molecular weight is 401 g/mol. The zero-order valence-electron chi connectivity index (χ0n) is 15.1. The molecule has 0 aliphatic heterocycles. The lowest BCUT2D eigenvalue weighted by Gasteiger charge is -2.12. The zero-order valence-corrected chi connectivity index (χ0v) is 16.6. The summed E-state index contributed by atoms with van der Waals surface area (Å²) in [5.41, 5.74) is 2.02. The molecule has 6 heteroatoms. The highest BCUT2D eigenvalue weighted by atomic mass is 35.5. The Balaban J connectivity index is 2.04. The molecule has 0 atom stereocenters. The van der Waals surface area contributed by atoms with Crippen molar-refractivity contribution in [3.8, 4) is 0 Å². The van der Waals surface area contributed by atoms with Gasteiger partial charge in [-0.2, -0.15) is 0 Å². The number of hydrogen-bond donors (Lipinski definition) is 1. The van der Waals surface area contributed by atoms with Gasteiger partial charge in [-0.1, -0.05) is 49.2 Å². The summed E-state index contributed by atoms with van der Waals surface area (Å²) in [6, 6.07) is 11.4. The minimum absolute atomic E-state index is 0.271.